The molecule has 0 saturated carbocycles. The third-order valence-electron chi connectivity index (χ3n) is 5.44. The first-order chi connectivity index (χ1) is 16.6. The average Bonchev–Trinajstić information content (AvgIpc) is 3.33. The van der Waals surface area contributed by atoms with Crippen LogP contribution in [-0.4, -0.2) is 47.1 Å². The summed E-state index contributed by atoms with van der Waals surface area (Å²) in [6.07, 6.45) is 0. The van der Waals surface area contributed by atoms with Gasteiger partial charge in [-0.3, -0.25) is 0 Å². The number of carbonyl (C=O) groups excluding carboxylic acids is 1. The van der Waals surface area contributed by atoms with E-state index in [0.717, 1.165) is 47.8 Å². The Morgan fingerprint density at radius 2 is 1.76 bits per heavy atom. The maximum absolute atomic E-state index is 13.7. The van der Waals surface area contributed by atoms with Crippen LogP contribution in [0.2, 0.25) is 0 Å². The highest BCUT2D eigenvalue weighted by molar-refractivity contribution is 7.17. The number of hydrogen-bond acceptors (Lipinski definition) is 6. The van der Waals surface area contributed by atoms with E-state index in [1.165, 1.54) is 12.1 Å². The Hall–Kier alpha value is -3.56. The summed E-state index contributed by atoms with van der Waals surface area (Å²) in [5.41, 5.74) is 2.42. The number of nitrogens with zero attached hydrogens (tertiary/aromatic N) is 3. The number of likely N-dealkylation sites (N-methyl/N-ethyl adjacent to an activating group) is 1. The summed E-state index contributed by atoms with van der Waals surface area (Å²) >= 11 is 1.62. The van der Waals surface area contributed by atoms with Crippen LogP contribution in [0, 0.1) is 5.82 Å². The predicted molar refractivity (Wildman–Crippen MR) is 138 cm³/mol. The van der Waals surface area contributed by atoms with Crippen LogP contribution in [0.15, 0.2) is 60.0 Å². The number of para-hydroxylation sites is 1. The number of thiophene rings is 1. The van der Waals surface area contributed by atoms with E-state index < -0.39 is 11.8 Å². The molecule has 0 spiro atoms. The molecule has 0 atom stereocenters. The number of hydrogen-bond donors (Lipinski definition) is 3. The summed E-state index contributed by atoms with van der Waals surface area (Å²) < 4.78 is 14.8. The highest BCUT2D eigenvalue weighted by Crippen LogP contribution is 2.29. The van der Waals surface area contributed by atoms with Crippen LogP contribution < -0.4 is 16.0 Å². The predicted octanol–water partition coefficient (Wildman–Crippen LogP) is 5.90. The van der Waals surface area contributed by atoms with E-state index >= 15 is 0 Å². The van der Waals surface area contributed by atoms with Crippen molar-refractivity contribution in [3.63, 3.8) is 0 Å². The number of anilines is 3. The van der Waals surface area contributed by atoms with Crippen molar-refractivity contribution in [1.82, 2.24) is 14.9 Å². The van der Waals surface area contributed by atoms with Gasteiger partial charge in [-0.15, -0.1) is 11.3 Å². The van der Waals surface area contributed by atoms with E-state index in [9.17, 15) is 9.18 Å². The molecule has 176 valence electrons. The van der Waals surface area contributed by atoms with Crippen molar-refractivity contribution in [2.75, 3.05) is 42.1 Å². The van der Waals surface area contributed by atoms with Crippen molar-refractivity contribution < 1.29 is 9.18 Å². The van der Waals surface area contributed by atoms with Gasteiger partial charge in [-0.25, -0.2) is 19.2 Å². The van der Waals surface area contributed by atoms with Crippen molar-refractivity contribution in [1.29, 1.82) is 0 Å². The van der Waals surface area contributed by atoms with Crippen LogP contribution >= 0.6 is 11.3 Å². The number of aromatic nitrogens is 2. The molecule has 0 aliphatic carbocycles. The second-order valence-corrected chi connectivity index (χ2v) is 8.54. The minimum absolute atomic E-state index is 0.120. The molecule has 2 aromatic carbocycles. The van der Waals surface area contributed by atoms with Gasteiger partial charge in [0.25, 0.3) is 0 Å². The van der Waals surface area contributed by atoms with Crippen molar-refractivity contribution in [3.05, 3.63) is 65.8 Å². The molecule has 2 heterocycles. The molecule has 3 N–H and O–H groups in total. The van der Waals surface area contributed by atoms with Crippen LogP contribution in [0.5, 0.6) is 0 Å². The zero-order valence-corrected chi connectivity index (χ0v) is 20.0. The molecule has 0 aliphatic heterocycles. The zero-order valence-electron chi connectivity index (χ0n) is 19.1. The molecular formula is C25H27FN6OS. The van der Waals surface area contributed by atoms with Crippen molar-refractivity contribution in [3.8, 4) is 11.4 Å². The molecule has 2 amide bonds. The topological polar surface area (TPSA) is 82.2 Å². The number of benzene rings is 2. The molecule has 34 heavy (non-hydrogen) atoms. The molecular weight excluding hydrogens is 451 g/mol. The first-order valence-corrected chi connectivity index (χ1v) is 12.1. The third-order valence-corrected chi connectivity index (χ3v) is 6.35. The zero-order chi connectivity index (χ0) is 23.9. The van der Waals surface area contributed by atoms with Crippen molar-refractivity contribution in [2.45, 2.75) is 13.8 Å². The number of nitrogens with one attached hydrogen (secondary N) is 3. The van der Waals surface area contributed by atoms with Gasteiger partial charge in [0.1, 0.15) is 11.6 Å². The van der Waals surface area contributed by atoms with Gasteiger partial charge in [-0.2, -0.15) is 0 Å². The van der Waals surface area contributed by atoms with Crippen molar-refractivity contribution in [2.24, 2.45) is 0 Å². The Bertz CT molecular complexity index is 1260. The Labute approximate surface area is 202 Å². The van der Waals surface area contributed by atoms with Gasteiger partial charge in [0, 0.05) is 24.3 Å². The number of amides is 2. The first-order valence-electron chi connectivity index (χ1n) is 11.2. The molecule has 7 nitrogen and oxygen atoms in total. The lowest BCUT2D eigenvalue weighted by atomic mass is 10.2. The Morgan fingerprint density at radius 1 is 1.00 bits per heavy atom. The van der Waals surface area contributed by atoms with Crippen LogP contribution in [0.25, 0.3) is 21.6 Å². The first kappa shape index (κ1) is 23.6. The number of halogens is 1. The van der Waals surface area contributed by atoms with E-state index in [-0.39, 0.29) is 5.69 Å². The molecule has 9 heteroatoms. The maximum atomic E-state index is 13.7. The lowest BCUT2D eigenvalue weighted by Gasteiger charge is -2.18. The molecule has 0 unspecified atom stereocenters. The third kappa shape index (κ3) is 5.67. The van der Waals surface area contributed by atoms with E-state index in [0.29, 0.717) is 11.5 Å². The summed E-state index contributed by atoms with van der Waals surface area (Å²) in [7, 11) is 0. The molecule has 0 fully saturated rings. The van der Waals surface area contributed by atoms with E-state index in [1.54, 1.807) is 35.6 Å². The Kier molecular flexibility index (Phi) is 7.66. The maximum Gasteiger partial charge on any atom is 0.323 e. The largest absolute Gasteiger partial charge is 0.367 e. The standard InChI is InChI=1S/C25H27FN6OS/c1-3-32(4-2)15-14-27-24-22-21(13-16-34-22)29-23(31-24)17-9-11-18(12-10-17)28-25(33)30-20-8-6-5-7-19(20)26/h5-13,16H,3-4,14-15H2,1-2H3,(H,27,29,31)(H2,28,30,33). The quantitative estimate of drug-likeness (QED) is 0.279. The summed E-state index contributed by atoms with van der Waals surface area (Å²) in [5.74, 6) is 0.947. The Morgan fingerprint density at radius 3 is 2.50 bits per heavy atom. The molecule has 4 rings (SSSR count). The average molecular weight is 479 g/mol. The van der Waals surface area contributed by atoms with Gasteiger partial charge >= 0.3 is 6.03 Å². The van der Waals surface area contributed by atoms with Crippen molar-refractivity contribution >= 4 is 44.8 Å². The smallest absolute Gasteiger partial charge is 0.323 e. The number of fused-ring (bicyclic) bond motifs is 1. The lowest BCUT2D eigenvalue weighted by Crippen LogP contribution is -2.28. The highest BCUT2D eigenvalue weighted by Gasteiger charge is 2.12. The van der Waals surface area contributed by atoms with Gasteiger partial charge in [0.15, 0.2) is 5.82 Å². The summed E-state index contributed by atoms with van der Waals surface area (Å²) in [6.45, 7) is 8.08. The molecule has 0 bridgehead atoms. The van der Waals surface area contributed by atoms with Gasteiger partial charge in [0.2, 0.25) is 0 Å². The monoisotopic (exact) mass is 478 g/mol. The summed E-state index contributed by atoms with van der Waals surface area (Å²) in [4.78, 5) is 24.1. The fraction of sp³-hybridized carbons (Fsp3) is 0.240. The minimum Gasteiger partial charge on any atom is -0.367 e. The molecule has 2 aromatic heterocycles. The van der Waals surface area contributed by atoms with Crippen LogP contribution in [0.1, 0.15) is 13.8 Å². The lowest BCUT2D eigenvalue weighted by molar-refractivity contribution is 0.262. The van der Waals surface area contributed by atoms with Crippen LogP contribution in [0.4, 0.5) is 26.4 Å². The second-order valence-electron chi connectivity index (χ2n) is 7.62. The fourth-order valence-electron chi connectivity index (χ4n) is 3.53. The number of rotatable bonds is 9. The highest BCUT2D eigenvalue weighted by atomic mass is 32.1. The van der Waals surface area contributed by atoms with E-state index in [2.05, 4.69) is 34.7 Å². The number of carbonyl (C=O) groups is 1. The van der Waals surface area contributed by atoms with Gasteiger partial charge in [-0.05, 0) is 60.9 Å². The second kappa shape index (κ2) is 11.0. The van der Waals surface area contributed by atoms with Crippen LogP contribution in [-0.2, 0) is 0 Å². The summed E-state index contributed by atoms with van der Waals surface area (Å²) in [6, 6.07) is 14.7. The van der Waals surface area contributed by atoms with Gasteiger partial charge in [-0.1, -0.05) is 26.0 Å². The minimum atomic E-state index is -0.520. The normalized spacial score (nSPS) is 11.1. The van der Waals surface area contributed by atoms with E-state index in [1.807, 2.05) is 23.6 Å². The summed E-state index contributed by atoms with van der Waals surface area (Å²) in [5, 5.41) is 10.7. The Balaban J connectivity index is 1.46. The molecule has 4 aromatic rings. The van der Waals surface area contributed by atoms with Crippen LogP contribution in [0.3, 0.4) is 0 Å². The molecule has 0 saturated heterocycles. The van der Waals surface area contributed by atoms with E-state index in [4.69, 9.17) is 9.97 Å². The molecule has 0 aliphatic rings. The van der Waals surface area contributed by atoms with Gasteiger partial charge < -0.3 is 20.9 Å². The SMILES string of the molecule is CCN(CC)CCNc1nc(-c2ccc(NC(=O)Nc3ccccc3F)cc2)nc2ccsc12. The number of urea groups is 1. The molecule has 0 radical (unpaired) electrons. The van der Waals surface area contributed by atoms with Gasteiger partial charge in [0.05, 0.1) is 15.9 Å². The fourth-order valence-corrected chi connectivity index (χ4v) is 4.33.